The van der Waals surface area contributed by atoms with Crippen molar-refractivity contribution >= 4 is 11.9 Å². The van der Waals surface area contributed by atoms with Crippen LogP contribution >= 0.6 is 0 Å². The summed E-state index contributed by atoms with van der Waals surface area (Å²) in [6.07, 6.45) is 2.35. The maximum absolute atomic E-state index is 11.9. The molecule has 0 aliphatic carbocycles. The zero-order valence-corrected chi connectivity index (χ0v) is 19.3. The van der Waals surface area contributed by atoms with Gasteiger partial charge in [-0.1, -0.05) is 19.1 Å². The predicted molar refractivity (Wildman–Crippen MR) is 128 cm³/mol. The van der Waals surface area contributed by atoms with Crippen LogP contribution in [0.2, 0.25) is 0 Å². The molecule has 2 aromatic rings. The molecule has 3 rings (SSSR count). The Morgan fingerprint density at radius 1 is 1.06 bits per heavy atom. The third-order valence-electron chi connectivity index (χ3n) is 5.42. The second kappa shape index (κ2) is 12.0. The molecule has 1 heterocycles. The molecule has 1 aliphatic heterocycles. The Morgan fingerprint density at radius 3 is 2.34 bits per heavy atom. The van der Waals surface area contributed by atoms with Gasteiger partial charge in [-0.25, -0.2) is 0 Å². The molecule has 1 fully saturated rings. The minimum Gasteiger partial charge on any atom is -0.497 e. The number of ether oxygens (including phenoxy) is 2. The van der Waals surface area contributed by atoms with Crippen molar-refractivity contribution in [3.05, 3.63) is 54.1 Å². The first kappa shape index (κ1) is 23.4. The van der Waals surface area contributed by atoms with Gasteiger partial charge >= 0.3 is 0 Å². The lowest BCUT2D eigenvalue weighted by Crippen LogP contribution is -2.45. The number of amides is 1. The Bertz CT molecular complexity index is 881. The summed E-state index contributed by atoms with van der Waals surface area (Å²) in [5, 5.41) is 6.78. The fourth-order valence-corrected chi connectivity index (χ4v) is 3.64. The second-order valence-electron chi connectivity index (χ2n) is 7.76. The number of guanidine groups is 1. The summed E-state index contributed by atoms with van der Waals surface area (Å²) >= 11 is 0. The van der Waals surface area contributed by atoms with E-state index >= 15 is 0 Å². The van der Waals surface area contributed by atoms with Crippen molar-refractivity contribution in [1.82, 2.24) is 15.5 Å². The SMILES string of the molecule is CCNC(=NCCc1ccc(Oc2ccc(OC)cc2)cc1)NC1CCN(C(=O)CC)C1. The van der Waals surface area contributed by atoms with Gasteiger partial charge in [0.05, 0.1) is 7.11 Å². The molecular weight excluding hydrogens is 404 g/mol. The molecule has 1 amide bonds. The minimum absolute atomic E-state index is 0.218. The van der Waals surface area contributed by atoms with Gasteiger partial charge in [0.2, 0.25) is 5.91 Å². The summed E-state index contributed by atoms with van der Waals surface area (Å²) in [6, 6.07) is 15.9. The van der Waals surface area contributed by atoms with Crippen molar-refractivity contribution in [3.8, 4) is 17.2 Å². The Balaban J connectivity index is 1.48. The molecule has 7 heteroatoms. The molecule has 0 bridgehead atoms. The number of hydrogen-bond acceptors (Lipinski definition) is 4. The average Bonchev–Trinajstić information content (AvgIpc) is 3.29. The van der Waals surface area contributed by atoms with Crippen molar-refractivity contribution in [2.45, 2.75) is 39.2 Å². The summed E-state index contributed by atoms with van der Waals surface area (Å²) in [6.45, 7) is 7.00. The van der Waals surface area contributed by atoms with Crippen LogP contribution in [0.4, 0.5) is 0 Å². The molecule has 0 aromatic heterocycles. The summed E-state index contributed by atoms with van der Waals surface area (Å²) in [5.41, 5.74) is 1.20. The van der Waals surface area contributed by atoms with E-state index < -0.39 is 0 Å². The van der Waals surface area contributed by atoms with Gasteiger partial charge in [0.25, 0.3) is 0 Å². The van der Waals surface area contributed by atoms with Crippen LogP contribution in [0.25, 0.3) is 0 Å². The van der Waals surface area contributed by atoms with Crippen LogP contribution in [0.15, 0.2) is 53.5 Å². The van der Waals surface area contributed by atoms with Gasteiger partial charge in [-0.05, 0) is 61.7 Å². The fraction of sp³-hybridized carbons (Fsp3) is 0.440. The molecule has 32 heavy (non-hydrogen) atoms. The summed E-state index contributed by atoms with van der Waals surface area (Å²) in [4.78, 5) is 18.5. The van der Waals surface area contributed by atoms with Gasteiger partial charge < -0.3 is 25.0 Å². The Morgan fingerprint density at radius 2 is 1.72 bits per heavy atom. The van der Waals surface area contributed by atoms with E-state index in [2.05, 4.69) is 29.7 Å². The molecule has 2 aromatic carbocycles. The lowest BCUT2D eigenvalue weighted by atomic mass is 10.1. The molecule has 1 unspecified atom stereocenters. The van der Waals surface area contributed by atoms with E-state index in [0.717, 1.165) is 55.7 Å². The zero-order valence-electron chi connectivity index (χ0n) is 19.3. The normalized spacial score (nSPS) is 16.0. The summed E-state index contributed by atoms with van der Waals surface area (Å²) in [7, 11) is 1.65. The zero-order chi connectivity index (χ0) is 22.8. The average molecular weight is 439 g/mol. The van der Waals surface area contributed by atoms with Gasteiger partial charge in [0, 0.05) is 38.6 Å². The molecule has 1 aliphatic rings. The van der Waals surface area contributed by atoms with Crippen LogP contribution in [0.5, 0.6) is 17.2 Å². The second-order valence-corrected chi connectivity index (χ2v) is 7.76. The van der Waals surface area contributed by atoms with Crippen LogP contribution < -0.4 is 20.1 Å². The number of benzene rings is 2. The van der Waals surface area contributed by atoms with Crippen molar-refractivity contribution in [2.75, 3.05) is 33.3 Å². The molecule has 1 saturated heterocycles. The van der Waals surface area contributed by atoms with Gasteiger partial charge in [-0.2, -0.15) is 0 Å². The third kappa shape index (κ3) is 6.90. The molecule has 0 radical (unpaired) electrons. The highest BCUT2D eigenvalue weighted by Gasteiger charge is 2.25. The smallest absolute Gasteiger partial charge is 0.222 e. The Labute approximate surface area is 190 Å². The van der Waals surface area contributed by atoms with E-state index in [1.807, 2.05) is 48.2 Å². The predicted octanol–water partition coefficient (Wildman–Crippen LogP) is 3.60. The highest BCUT2D eigenvalue weighted by Crippen LogP contribution is 2.24. The van der Waals surface area contributed by atoms with Crippen LogP contribution in [0.3, 0.4) is 0 Å². The van der Waals surface area contributed by atoms with E-state index in [-0.39, 0.29) is 11.9 Å². The lowest BCUT2D eigenvalue weighted by Gasteiger charge is -2.18. The van der Waals surface area contributed by atoms with Crippen LogP contribution in [0.1, 0.15) is 32.3 Å². The first-order chi connectivity index (χ1) is 15.6. The maximum Gasteiger partial charge on any atom is 0.222 e. The van der Waals surface area contributed by atoms with E-state index in [1.54, 1.807) is 7.11 Å². The number of nitrogens with zero attached hydrogens (tertiary/aromatic N) is 2. The maximum atomic E-state index is 11.9. The highest BCUT2D eigenvalue weighted by molar-refractivity contribution is 5.80. The first-order valence-corrected chi connectivity index (χ1v) is 11.3. The third-order valence-corrected chi connectivity index (χ3v) is 5.42. The van der Waals surface area contributed by atoms with E-state index in [9.17, 15) is 4.79 Å². The molecular formula is C25H34N4O3. The van der Waals surface area contributed by atoms with Crippen molar-refractivity contribution < 1.29 is 14.3 Å². The van der Waals surface area contributed by atoms with Gasteiger partial charge in [-0.15, -0.1) is 0 Å². The number of methoxy groups -OCH3 is 1. The van der Waals surface area contributed by atoms with Gasteiger partial charge in [-0.3, -0.25) is 9.79 Å². The van der Waals surface area contributed by atoms with Crippen LogP contribution in [-0.4, -0.2) is 56.1 Å². The first-order valence-electron chi connectivity index (χ1n) is 11.3. The molecule has 172 valence electrons. The Kier molecular flexibility index (Phi) is 8.78. The topological polar surface area (TPSA) is 75.2 Å². The number of carbonyl (C=O) groups excluding carboxylic acids is 1. The molecule has 0 saturated carbocycles. The largest absolute Gasteiger partial charge is 0.497 e. The minimum atomic E-state index is 0.218. The standard InChI is InChI=1S/C25H34N4O3/c1-4-24(30)29-17-15-20(18-29)28-25(26-5-2)27-16-14-19-6-8-22(9-7-19)32-23-12-10-21(31-3)11-13-23/h6-13,20H,4-5,14-18H2,1-3H3,(H2,26,27,28). The highest BCUT2D eigenvalue weighted by atomic mass is 16.5. The monoisotopic (exact) mass is 438 g/mol. The number of rotatable bonds is 9. The van der Waals surface area contributed by atoms with Gasteiger partial charge in [0.1, 0.15) is 17.2 Å². The molecule has 1 atom stereocenters. The van der Waals surface area contributed by atoms with Crippen molar-refractivity contribution in [1.29, 1.82) is 0 Å². The number of likely N-dealkylation sites (tertiary alicyclic amines) is 1. The fourth-order valence-electron chi connectivity index (χ4n) is 3.64. The van der Waals surface area contributed by atoms with Crippen molar-refractivity contribution in [3.63, 3.8) is 0 Å². The van der Waals surface area contributed by atoms with Crippen LogP contribution in [-0.2, 0) is 11.2 Å². The van der Waals surface area contributed by atoms with Crippen molar-refractivity contribution in [2.24, 2.45) is 4.99 Å². The van der Waals surface area contributed by atoms with Gasteiger partial charge in [0.15, 0.2) is 5.96 Å². The Hall–Kier alpha value is -3.22. The molecule has 2 N–H and O–H groups in total. The van der Waals surface area contributed by atoms with E-state index in [4.69, 9.17) is 14.5 Å². The summed E-state index contributed by atoms with van der Waals surface area (Å²) in [5.74, 6) is 3.40. The number of nitrogens with one attached hydrogen (secondary N) is 2. The number of carbonyl (C=O) groups is 1. The quantitative estimate of drug-likeness (QED) is 0.462. The molecule has 0 spiro atoms. The van der Waals surface area contributed by atoms with Crippen LogP contribution in [0, 0.1) is 0 Å². The molecule has 7 nitrogen and oxygen atoms in total. The van der Waals surface area contributed by atoms with E-state index in [0.29, 0.717) is 13.0 Å². The number of hydrogen-bond donors (Lipinski definition) is 2. The lowest BCUT2D eigenvalue weighted by molar-refractivity contribution is -0.129. The number of aliphatic imine (C=N–C) groups is 1. The summed E-state index contributed by atoms with van der Waals surface area (Å²) < 4.78 is 11.1. The van der Waals surface area contributed by atoms with E-state index in [1.165, 1.54) is 5.56 Å².